The lowest BCUT2D eigenvalue weighted by Crippen LogP contribution is -2.59. The van der Waals surface area contributed by atoms with Crippen molar-refractivity contribution < 1.29 is 34.7 Å². The third kappa shape index (κ3) is 9.34. The second-order valence-corrected chi connectivity index (χ2v) is 7.47. The highest BCUT2D eigenvalue weighted by Crippen LogP contribution is 2.23. The number of hydrogen-bond donors (Lipinski definition) is 4. The van der Waals surface area contributed by atoms with Crippen LogP contribution in [-0.2, 0) is 14.3 Å². The van der Waals surface area contributed by atoms with Gasteiger partial charge >= 0.3 is 5.97 Å². The van der Waals surface area contributed by atoms with E-state index < -0.39 is 43.3 Å². The first-order valence-electron chi connectivity index (χ1n) is 10.5. The van der Waals surface area contributed by atoms with E-state index in [4.69, 9.17) is 14.6 Å². The van der Waals surface area contributed by atoms with Gasteiger partial charge in [0.1, 0.15) is 18.3 Å². The number of aliphatic hydroxyl groups is 4. The number of hydrogen-bond acceptors (Lipinski definition) is 7. The number of carbonyl (C=O) groups excluding carboxylic acids is 1. The van der Waals surface area contributed by atoms with Gasteiger partial charge in [0.25, 0.3) is 0 Å². The molecule has 0 aromatic carbocycles. The molecule has 4 N–H and O–H groups in total. The first-order valence-corrected chi connectivity index (χ1v) is 10.5. The predicted molar refractivity (Wildman–Crippen MR) is 101 cm³/mol. The summed E-state index contributed by atoms with van der Waals surface area (Å²) >= 11 is 0. The minimum Gasteiger partial charge on any atom is -0.456 e. The summed E-state index contributed by atoms with van der Waals surface area (Å²) in [6, 6.07) is 0. The fourth-order valence-corrected chi connectivity index (χ4v) is 3.35. The monoisotopic (exact) mass is 390 g/mol. The van der Waals surface area contributed by atoms with E-state index in [2.05, 4.69) is 6.92 Å². The van der Waals surface area contributed by atoms with E-state index in [1.54, 1.807) is 0 Å². The van der Waals surface area contributed by atoms with Crippen molar-refractivity contribution in [1.82, 2.24) is 0 Å². The quantitative estimate of drug-likeness (QED) is 0.265. The first kappa shape index (κ1) is 24.3. The second-order valence-electron chi connectivity index (χ2n) is 7.47. The number of unbranched alkanes of at least 4 members (excludes halogenated alkanes) is 10. The molecule has 1 rings (SSSR count). The molecule has 1 heterocycles. The highest BCUT2D eigenvalue weighted by atomic mass is 16.7. The molecule has 1 aliphatic heterocycles. The summed E-state index contributed by atoms with van der Waals surface area (Å²) in [4.78, 5) is 11.9. The van der Waals surface area contributed by atoms with Crippen molar-refractivity contribution in [3.05, 3.63) is 0 Å². The molecular formula is C20H38O7. The van der Waals surface area contributed by atoms with Crippen LogP contribution in [0.5, 0.6) is 0 Å². The summed E-state index contributed by atoms with van der Waals surface area (Å²) in [6.45, 7) is 1.68. The van der Waals surface area contributed by atoms with E-state index in [9.17, 15) is 20.1 Å². The minimum absolute atomic E-state index is 0.202. The number of rotatable bonds is 14. The predicted octanol–water partition coefficient (Wildman–Crippen LogP) is 2.03. The number of aliphatic hydroxyl groups excluding tert-OH is 4. The Morgan fingerprint density at radius 3 is 1.89 bits per heavy atom. The van der Waals surface area contributed by atoms with Gasteiger partial charge in [-0.25, -0.2) is 0 Å². The molecule has 7 heteroatoms. The van der Waals surface area contributed by atoms with Crippen LogP contribution in [0, 0.1) is 0 Å². The molecule has 0 aliphatic carbocycles. The van der Waals surface area contributed by atoms with Crippen LogP contribution in [-0.4, -0.2) is 63.7 Å². The molecule has 1 aliphatic rings. The molecular weight excluding hydrogens is 352 g/mol. The van der Waals surface area contributed by atoms with Crippen molar-refractivity contribution in [1.29, 1.82) is 0 Å². The van der Waals surface area contributed by atoms with Crippen molar-refractivity contribution in [3.63, 3.8) is 0 Å². The van der Waals surface area contributed by atoms with Crippen LogP contribution < -0.4 is 0 Å². The van der Waals surface area contributed by atoms with E-state index in [0.29, 0.717) is 6.42 Å². The van der Waals surface area contributed by atoms with E-state index in [1.807, 2.05) is 0 Å². The van der Waals surface area contributed by atoms with Crippen molar-refractivity contribution in [2.75, 3.05) is 6.61 Å². The van der Waals surface area contributed by atoms with Crippen LogP contribution in [0.4, 0.5) is 0 Å². The average Bonchev–Trinajstić information content (AvgIpc) is 2.66. The molecule has 27 heavy (non-hydrogen) atoms. The Bertz CT molecular complexity index is 391. The van der Waals surface area contributed by atoms with E-state index in [0.717, 1.165) is 12.8 Å². The average molecular weight is 391 g/mol. The second kappa shape index (κ2) is 14.3. The lowest BCUT2D eigenvalue weighted by Gasteiger charge is -2.39. The highest BCUT2D eigenvalue weighted by molar-refractivity contribution is 5.69. The van der Waals surface area contributed by atoms with Gasteiger partial charge in [0.2, 0.25) is 0 Å². The van der Waals surface area contributed by atoms with Crippen LogP contribution in [0.15, 0.2) is 0 Å². The Hall–Kier alpha value is -0.730. The Kier molecular flexibility index (Phi) is 12.9. The largest absolute Gasteiger partial charge is 0.456 e. The smallest absolute Gasteiger partial charge is 0.306 e. The van der Waals surface area contributed by atoms with Crippen molar-refractivity contribution in [3.8, 4) is 0 Å². The SMILES string of the molecule is CCCCCCCCCCCCCC(=O)OC1C(O)C(O)OC(CO)C1O. The molecule has 0 bridgehead atoms. The fraction of sp³-hybridized carbons (Fsp3) is 0.950. The Morgan fingerprint density at radius 2 is 1.37 bits per heavy atom. The van der Waals surface area contributed by atoms with Crippen LogP contribution in [0.25, 0.3) is 0 Å². The van der Waals surface area contributed by atoms with Gasteiger partial charge in [0.05, 0.1) is 6.61 Å². The molecule has 0 saturated carbocycles. The Balaban J connectivity index is 2.09. The number of ether oxygens (including phenoxy) is 2. The molecule has 0 aromatic rings. The van der Waals surface area contributed by atoms with Crippen LogP contribution in [0.2, 0.25) is 0 Å². The zero-order chi connectivity index (χ0) is 20.1. The maximum atomic E-state index is 11.9. The van der Waals surface area contributed by atoms with Crippen molar-refractivity contribution in [2.24, 2.45) is 0 Å². The molecule has 0 spiro atoms. The summed E-state index contributed by atoms with van der Waals surface area (Å²) < 4.78 is 9.98. The van der Waals surface area contributed by atoms with E-state index in [-0.39, 0.29) is 6.42 Å². The summed E-state index contributed by atoms with van der Waals surface area (Å²) in [6.07, 6.45) is 6.25. The molecule has 0 radical (unpaired) electrons. The number of carbonyl (C=O) groups is 1. The van der Waals surface area contributed by atoms with E-state index >= 15 is 0 Å². The van der Waals surface area contributed by atoms with Gasteiger partial charge in [0.15, 0.2) is 12.4 Å². The van der Waals surface area contributed by atoms with Crippen LogP contribution in [0.1, 0.15) is 84.0 Å². The standard InChI is InChI=1S/C20H38O7/c1-2-3-4-5-6-7-8-9-10-11-12-13-16(22)27-19-17(23)15(14-21)26-20(25)18(19)24/h15,17-21,23-25H,2-14H2,1H3. The summed E-state index contributed by atoms with van der Waals surface area (Å²) in [7, 11) is 0. The minimum atomic E-state index is -1.61. The lowest BCUT2D eigenvalue weighted by atomic mass is 9.99. The van der Waals surface area contributed by atoms with Gasteiger partial charge in [0, 0.05) is 6.42 Å². The van der Waals surface area contributed by atoms with Gasteiger partial charge in [-0.15, -0.1) is 0 Å². The summed E-state index contributed by atoms with van der Waals surface area (Å²) in [5.74, 6) is -0.528. The van der Waals surface area contributed by atoms with Gasteiger partial charge in [-0.3, -0.25) is 4.79 Å². The van der Waals surface area contributed by atoms with Gasteiger partial charge in [-0.05, 0) is 6.42 Å². The van der Waals surface area contributed by atoms with Gasteiger partial charge < -0.3 is 29.9 Å². The highest BCUT2D eigenvalue weighted by Gasteiger charge is 2.45. The van der Waals surface area contributed by atoms with Gasteiger partial charge in [-0.1, -0.05) is 71.1 Å². The molecule has 5 atom stereocenters. The molecule has 0 aromatic heterocycles. The number of esters is 1. The third-order valence-corrected chi connectivity index (χ3v) is 5.09. The normalized spacial score (nSPS) is 28.3. The first-order chi connectivity index (χ1) is 13.0. The summed E-state index contributed by atoms with van der Waals surface area (Å²) in [5, 5.41) is 38.5. The molecule has 0 amide bonds. The van der Waals surface area contributed by atoms with Gasteiger partial charge in [-0.2, -0.15) is 0 Å². The topological polar surface area (TPSA) is 116 Å². The summed E-state index contributed by atoms with van der Waals surface area (Å²) in [5.41, 5.74) is 0. The molecule has 7 nitrogen and oxygen atoms in total. The lowest BCUT2D eigenvalue weighted by molar-refractivity contribution is -0.289. The van der Waals surface area contributed by atoms with Crippen LogP contribution >= 0.6 is 0 Å². The van der Waals surface area contributed by atoms with E-state index in [1.165, 1.54) is 51.4 Å². The third-order valence-electron chi connectivity index (χ3n) is 5.09. The van der Waals surface area contributed by atoms with Crippen molar-refractivity contribution in [2.45, 2.75) is 115 Å². The molecule has 1 saturated heterocycles. The molecule has 1 fully saturated rings. The van der Waals surface area contributed by atoms with Crippen molar-refractivity contribution >= 4 is 5.97 Å². The van der Waals surface area contributed by atoms with Crippen LogP contribution in [0.3, 0.4) is 0 Å². The maximum absolute atomic E-state index is 11.9. The Labute approximate surface area is 162 Å². The fourth-order valence-electron chi connectivity index (χ4n) is 3.35. The molecule has 160 valence electrons. The zero-order valence-electron chi connectivity index (χ0n) is 16.6. The maximum Gasteiger partial charge on any atom is 0.306 e. The Morgan fingerprint density at radius 1 is 0.852 bits per heavy atom. The molecule has 5 unspecified atom stereocenters. The zero-order valence-corrected chi connectivity index (χ0v) is 16.6.